The smallest absolute Gasteiger partial charge is 1.00 e. The van der Waals surface area contributed by atoms with Gasteiger partial charge in [-0.15, -0.1) is 0 Å². The zero-order valence-electron chi connectivity index (χ0n) is 4.22. The van der Waals surface area contributed by atoms with Gasteiger partial charge >= 0.3 is 71.5 Å². The molecule has 0 fully saturated rings. The van der Waals surface area contributed by atoms with Crippen molar-refractivity contribution in [3.8, 4) is 0 Å². The van der Waals surface area contributed by atoms with Gasteiger partial charge in [0.15, 0.2) is 0 Å². The molecule has 0 aliphatic rings. The van der Waals surface area contributed by atoms with Crippen molar-refractivity contribution in [2.24, 2.45) is 0 Å². The van der Waals surface area contributed by atoms with Crippen LogP contribution in [0.15, 0.2) is 0 Å². The van der Waals surface area contributed by atoms with Crippen LogP contribution in [0, 0.1) is 0 Å². The molecule has 0 amide bonds. The van der Waals surface area contributed by atoms with Crippen LogP contribution in [-0.4, -0.2) is 23.1 Å². The quantitative estimate of drug-likeness (QED) is 0.226. The van der Waals surface area contributed by atoms with E-state index in [0.717, 1.165) is 0 Å². The maximum absolute atomic E-state index is 0. The first-order chi connectivity index (χ1) is 0. The largest absolute Gasteiger partial charge is 2.00 e. The third-order valence-corrected chi connectivity index (χ3v) is 0. The Morgan fingerprint density at radius 2 is 0.571 bits per heavy atom. The van der Waals surface area contributed by atoms with Gasteiger partial charge in [0.1, 0.15) is 0 Å². The van der Waals surface area contributed by atoms with Crippen molar-refractivity contribution >= 4 is 23.1 Å². The average Bonchev–Trinajstić information content (AvgIpc) is 0. The maximum atomic E-state index is 0. The van der Waals surface area contributed by atoms with Crippen molar-refractivity contribution in [2.75, 3.05) is 0 Å². The SMILES string of the molecule is [F-].[F-].[F-].[F-].[Li+].[Mg+2].[Na+]. The molecule has 0 aromatic carbocycles. The molecule has 0 rings (SSSR count). The summed E-state index contributed by atoms with van der Waals surface area (Å²) < 4.78 is 0. The molecular formula is F4LiMgNa. The Bertz CT molecular complexity index is 11.7. The van der Waals surface area contributed by atoms with Crippen LogP contribution in [-0.2, 0) is 0 Å². The summed E-state index contributed by atoms with van der Waals surface area (Å²) in [5.74, 6) is 0. The fourth-order valence-electron chi connectivity index (χ4n) is 0. The first-order valence-electron chi connectivity index (χ1n) is 0. The molecule has 0 saturated heterocycles. The molecule has 7 heavy (non-hydrogen) atoms. The second-order valence-electron chi connectivity index (χ2n) is 0. The van der Waals surface area contributed by atoms with E-state index >= 15 is 0 Å². The van der Waals surface area contributed by atoms with Gasteiger partial charge in [-0.05, 0) is 0 Å². The monoisotopic (exact) mass is 130 g/mol. The van der Waals surface area contributed by atoms with Crippen LogP contribution in [0.3, 0.4) is 0 Å². The number of hydrogen-bond donors (Lipinski definition) is 0. The van der Waals surface area contributed by atoms with Crippen molar-refractivity contribution < 1.29 is 67.2 Å². The van der Waals surface area contributed by atoms with Crippen molar-refractivity contribution in [3.05, 3.63) is 0 Å². The van der Waals surface area contributed by atoms with E-state index in [0.29, 0.717) is 0 Å². The third-order valence-electron chi connectivity index (χ3n) is 0. The number of rotatable bonds is 0. The molecule has 0 N–H and O–H groups in total. The average molecular weight is 130 g/mol. The molecule has 7 heteroatoms. The molecule has 0 saturated carbocycles. The minimum absolute atomic E-state index is 0. The zero-order valence-corrected chi connectivity index (χ0v) is 7.63. The fourth-order valence-corrected chi connectivity index (χ4v) is 0. The molecule has 0 bridgehead atoms. The third kappa shape index (κ3) is 68.9. The first kappa shape index (κ1) is 137. The minimum atomic E-state index is 0. The van der Waals surface area contributed by atoms with Crippen LogP contribution in [0.2, 0.25) is 0 Å². The molecule has 0 atom stereocenters. The topological polar surface area (TPSA) is 0 Å². The molecular weight excluding hydrogens is 130 g/mol. The maximum Gasteiger partial charge on any atom is 2.00 e. The van der Waals surface area contributed by atoms with Gasteiger partial charge in [0.05, 0.1) is 0 Å². The van der Waals surface area contributed by atoms with Gasteiger partial charge in [0.2, 0.25) is 0 Å². The van der Waals surface area contributed by atoms with Crippen LogP contribution in [0.25, 0.3) is 0 Å². The van der Waals surface area contributed by atoms with Crippen LogP contribution >= 0.6 is 0 Å². The van der Waals surface area contributed by atoms with E-state index in [1.807, 2.05) is 0 Å². The summed E-state index contributed by atoms with van der Waals surface area (Å²) in [6.07, 6.45) is 0. The van der Waals surface area contributed by atoms with E-state index in [9.17, 15) is 0 Å². The van der Waals surface area contributed by atoms with Gasteiger partial charge in [-0.25, -0.2) is 0 Å². The van der Waals surface area contributed by atoms with Crippen LogP contribution < -0.4 is 67.2 Å². The van der Waals surface area contributed by atoms with E-state index in [2.05, 4.69) is 0 Å². The summed E-state index contributed by atoms with van der Waals surface area (Å²) in [4.78, 5) is 0. The van der Waals surface area contributed by atoms with Gasteiger partial charge in [-0.2, -0.15) is 0 Å². The molecule has 0 radical (unpaired) electrons. The summed E-state index contributed by atoms with van der Waals surface area (Å²) in [6.45, 7) is 0. The predicted molar refractivity (Wildman–Crippen MR) is 5.75 cm³/mol. The second kappa shape index (κ2) is 93.4. The van der Waals surface area contributed by atoms with E-state index in [4.69, 9.17) is 0 Å². The molecule has 0 aromatic rings. The van der Waals surface area contributed by atoms with E-state index < -0.39 is 0 Å². The van der Waals surface area contributed by atoms with Gasteiger partial charge in [-0.3, -0.25) is 0 Å². The Balaban J connectivity index is 0. The molecule has 32 valence electrons. The molecule has 0 aliphatic heterocycles. The van der Waals surface area contributed by atoms with Gasteiger partial charge in [-0.1, -0.05) is 0 Å². The van der Waals surface area contributed by atoms with Crippen molar-refractivity contribution in [1.82, 2.24) is 0 Å². The second-order valence-corrected chi connectivity index (χ2v) is 0. The Kier molecular flexibility index (Phi) is 1820. The molecule has 0 nitrogen and oxygen atoms in total. The molecule has 0 aliphatic carbocycles. The van der Waals surface area contributed by atoms with E-state index in [-0.39, 0.29) is 90.3 Å². The number of hydrogen-bond acceptors (Lipinski definition) is 0. The van der Waals surface area contributed by atoms with Crippen molar-refractivity contribution in [1.29, 1.82) is 0 Å². The van der Waals surface area contributed by atoms with Crippen LogP contribution in [0.1, 0.15) is 0 Å². The summed E-state index contributed by atoms with van der Waals surface area (Å²) in [7, 11) is 0. The van der Waals surface area contributed by atoms with Gasteiger partial charge in [0.25, 0.3) is 0 Å². The Morgan fingerprint density at radius 1 is 0.571 bits per heavy atom. The summed E-state index contributed by atoms with van der Waals surface area (Å²) in [6, 6.07) is 0. The van der Waals surface area contributed by atoms with Gasteiger partial charge < -0.3 is 18.8 Å². The molecule has 0 heterocycles. The van der Waals surface area contributed by atoms with E-state index in [1.54, 1.807) is 0 Å². The molecule has 0 aromatic heterocycles. The summed E-state index contributed by atoms with van der Waals surface area (Å²) >= 11 is 0. The fraction of sp³-hybridized carbons (Fsp3) is 0. The Labute approximate surface area is 89.3 Å². The zero-order chi connectivity index (χ0) is 0. The molecule has 0 spiro atoms. The Hall–Kier alpha value is 2.08. The normalized spacial score (nSPS) is 0. The van der Waals surface area contributed by atoms with Crippen LogP contribution in [0.4, 0.5) is 0 Å². The predicted octanol–water partition coefficient (Wildman–Crippen LogP) is -18.4. The van der Waals surface area contributed by atoms with Crippen LogP contribution in [0.5, 0.6) is 0 Å². The Morgan fingerprint density at radius 3 is 0.571 bits per heavy atom. The molecule has 0 unspecified atom stereocenters. The van der Waals surface area contributed by atoms with Crippen molar-refractivity contribution in [2.45, 2.75) is 0 Å². The number of halogens is 4. The van der Waals surface area contributed by atoms with E-state index in [1.165, 1.54) is 0 Å². The first-order valence-corrected chi connectivity index (χ1v) is 0. The van der Waals surface area contributed by atoms with Gasteiger partial charge in [0, 0.05) is 0 Å². The standard InChI is InChI=1S/4FH.Li.Mg.Na/h4*1H;;;/q;;;;+1;+2;+1/p-4. The summed E-state index contributed by atoms with van der Waals surface area (Å²) in [5, 5.41) is 0. The minimum Gasteiger partial charge on any atom is -1.00 e. The van der Waals surface area contributed by atoms with Crippen molar-refractivity contribution in [3.63, 3.8) is 0 Å². The summed E-state index contributed by atoms with van der Waals surface area (Å²) in [5.41, 5.74) is 0.